The fourth-order valence-electron chi connectivity index (χ4n) is 7.58. The smallest absolute Gasteiger partial charge is 0.338 e. The highest BCUT2D eigenvalue weighted by atomic mass is 32.2. The lowest BCUT2D eigenvalue weighted by Crippen LogP contribution is -2.42. The number of amides is 3. The van der Waals surface area contributed by atoms with Crippen molar-refractivity contribution < 1.29 is 29.0 Å². The molecule has 2 aromatic carbocycles. The van der Waals surface area contributed by atoms with Gasteiger partial charge in [-0.3, -0.25) is 24.1 Å². The molecule has 2 aliphatic carbocycles. The van der Waals surface area contributed by atoms with Crippen LogP contribution >= 0.6 is 23.1 Å². The Morgan fingerprint density at radius 1 is 1.05 bits per heavy atom. The SMILES string of the molecule is CCOC(=O)c1ccc(NC(=O)CN2C(=O)C3C4CC(C3C2=O)C2C(c3ccccc3O)c3sc(=O)[nH]c3SC42)cc1. The number of phenols is 1. The van der Waals surface area contributed by atoms with Crippen LogP contribution in [0.25, 0.3) is 0 Å². The Morgan fingerprint density at radius 3 is 2.48 bits per heavy atom. The summed E-state index contributed by atoms with van der Waals surface area (Å²) in [5.41, 5.74) is 1.50. The molecular formula is C30H27N3O7S2. The fourth-order valence-corrected chi connectivity index (χ4v) is 10.5. The summed E-state index contributed by atoms with van der Waals surface area (Å²) in [5.74, 6) is -3.06. The van der Waals surface area contributed by atoms with Gasteiger partial charge in [0.15, 0.2) is 0 Å². The van der Waals surface area contributed by atoms with E-state index in [-0.39, 0.29) is 58.0 Å². The molecule has 4 aliphatic rings. The number of benzene rings is 2. The zero-order valence-corrected chi connectivity index (χ0v) is 24.1. The first-order valence-electron chi connectivity index (χ1n) is 13.9. The molecule has 2 aliphatic heterocycles. The minimum absolute atomic E-state index is 0.0120. The number of nitrogens with zero attached hydrogens (tertiary/aromatic N) is 1. The number of hydrogen-bond acceptors (Lipinski definition) is 9. The summed E-state index contributed by atoms with van der Waals surface area (Å²) in [4.78, 5) is 69.3. The van der Waals surface area contributed by atoms with E-state index >= 15 is 0 Å². The van der Waals surface area contributed by atoms with Gasteiger partial charge in [0.2, 0.25) is 17.7 Å². The molecule has 0 spiro atoms. The number of para-hydroxylation sites is 1. The van der Waals surface area contributed by atoms with E-state index in [0.29, 0.717) is 17.7 Å². The molecule has 216 valence electrons. The number of aromatic amines is 1. The average molecular weight is 606 g/mol. The third-order valence-electron chi connectivity index (χ3n) is 9.07. The maximum atomic E-state index is 13.8. The summed E-state index contributed by atoms with van der Waals surface area (Å²) < 4.78 is 4.97. The molecule has 1 aromatic heterocycles. The third kappa shape index (κ3) is 4.10. The first kappa shape index (κ1) is 27.0. The zero-order valence-electron chi connectivity index (χ0n) is 22.4. The van der Waals surface area contributed by atoms with Crippen molar-refractivity contribution in [2.45, 2.75) is 29.5 Å². The van der Waals surface area contributed by atoms with Crippen molar-refractivity contribution in [1.82, 2.24) is 9.88 Å². The van der Waals surface area contributed by atoms with Crippen molar-refractivity contribution in [3.63, 3.8) is 0 Å². The molecule has 3 N–H and O–H groups in total. The number of thioether (sulfide) groups is 1. The summed E-state index contributed by atoms with van der Waals surface area (Å²) in [6, 6.07) is 13.3. The molecule has 12 heteroatoms. The number of anilines is 1. The summed E-state index contributed by atoms with van der Waals surface area (Å²) >= 11 is 2.71. The van der Waals surface area contributed by atoms with Gasteiger partial charge in [0.1, 0.15) is 12.3 Å². The van der Waals surface area contributed by atoms with Crippen molar-refractivity contribution in [3.8, 4) is 5.75 Å². The van der Waals surface area contributed by atoms with Gasteiger partial charge < -0.3 is 20.1 Å². The van der Waals surface area contributed by atoms with E-state index < -0.39 is 30.3 Å². The van der Waals surface area contributed by atoms with Crippen molar-refractivity contribution >= 4 is 52.5 Å². The molecule has 3 aromatic rings. The summed E-state index contributed by atoms with van der Waals surface area (Å²) in [5, 5.41) is 14.3. The molecule has 7 atom stereocenters. The number of aromatic nitrogens is 1. The second kappa shape index (κ2) is 10.1. The number of esters is 1. The van der Waals surface area contributed by atoms with Crippen molar-refractivity contribution in [1.29, 1.82) is 0 Å². The Balaban J connectivity index is 1.12. The van der Waals surface area contributed by atoms with Crippen LogP contribution in [0, 0.1) is 29.6 Å². The van der Waals surface area contributed by atoms with Crippen LogP contribution in [-0.2, 0) is 19.1 Å². The number of likely N-dealkylation sites (tertiary alicyclic amines) is 1. The van der Waals surface area contributed by atoms with Crippen LogP contribution in [0.2, 0.25) is 0 Å². The van der Waals surface area contributed by atoms with Crippen LogP contribution in [0.3, 0.4) is 0 Å². The van der Waals surface area contributed by atoms with E-state index in [4.69, 9.17) is 4.74 Å². The molecule has 2 bridgehead atoms. The van der Waals surface area contributed by atoms with Crippen LogP contribution < -0.4 is 10.2 Å². The number of aromatic hydroxyl groups is 1. The Hall–Kier alpha value is -3.90. The second-order valence-corrected chi connectivity index (χ2v) is 13.3. The van der Waals surface area contributed by atoms with E-state index in [2.05, 4.69) is 10.3 Å². The molecule has 42 heavy (non-hydrogen) atoms. The molecule has 7 unspecified atom stereocenters. The van der Waals surface area contributed by atoms with Crippen molar-refractivity contribution in [2.75, 3.05) is 18.5 Å². The number of H-pyrrole nitrogens is 1. The predicted molar refractivity (Wildman–Crippen MR) is 154 cm³/mol. The van der Waals surface area contributed by atoms with Crippen molar-refractivity contribution in [3.05, 3.63) is 74.2 Å². The lowest BCUT2D eigenvalue weighted by Gasteiger charge is -2.43. The molecule has 3 fully saturated rings. The zero-order chi connectivity index (χ0) is 29.3. The largest absolute Gasteiger partial charge is 0.508 e. The standard InChI is InChI=1S/C30H27N3O7S2/c1-2-40-29(38)13-7-9-14(10-8-13)31-19(35)12-33-27(36)22-16-11-17(23(22)28(33)37)24-21(16)20(15-5-3-4-6-18(15)34)25-26(41-24)32-30(39)42-25/h3-10,16-17,20-24,34H,2,11-12H2,1H3,(H,31,35)(H,32,39). The Labute approximate surface area is 248 Å². The fraction of sp³-hybridized carbons (Fsp3) is 0.367. The first-order valence-corrected chi connectivity index (χ1v) is 15.6. The average Bonchev–Trinajstić information content (AvgIpc) is 3.70. The van der Waals surface area contributed by atoms with Gasteiger partial charge in [-0.2, -0.15) is 0 Å². The number of imide groups is 1. The van der Waals surface area contributed by atoms with E-state index in [1.54, 1.807) is 43.0 Å². The molecule has 0 radical (unpaired) electrons. The van der Waals surface area contributed by atoms with Crippen molar-refractivity contribution in [2.24, 2.45) is 29.6 Å². The molecule has 2 saturated carbocycles. The Kier molecular flexibility index (Phi) is 6.50. The van der Waals surface area contributed by atoms with Crippen LogP contribution in [0.4, 0.5) is 5.69 Å². The lowest BCUT2D eigenvalue weighted by atomic mass is 9.68. The van der Waals surface area contributed by atoms with E-state index in [1.165, 1.54) is 12.1 Å². The topological polar surface area (TPSA) is 146 Å². The second-order valence-electron chi connectivity index (χ2n) is 11.1. The normalized spacial score (nSPS) is 28.8. The van der Waals surface area contributed by atoms with Crippen LogP contribution in [0.5, 0.6) is 5.75 Å². The number of thiazole rings is 1. The van der Waals surface area contributed by atoms with Gasteiger partial charge in [-0.1, -0.05) is 29.5 Å². The molecular weight excluding hydrogens is 578 g/mol. The molecule has 7 rings (SSSR count). The van der Waals surface area contributed by atoms with Gasteiger partial charge in [-0.05, 0) is 61.4 Å². The summed E-state index contributed by atoms with van der Waals surface area (Å²) in [7, 11) is 0. The number of nitrogens with one attached hydrogen (secondary N) is 2. The number of carbonyl (C=O) groups is 4. The molecule has 1 saturated heterocycles. The minimum atomic E-state index is -0.536. The quantitative estimate of drug-likeness (QED) is 0.286. The van der Waals surface area contributed by atoms with Gasteiger partial charge in [0.05, 0.1) is 29.0 Å². The van der Waals surface area contributed by atoms with E-state index in [1.807, 2.05) is 12.1 Å². The van der Waals surface area contributed by atoms with Gasteiger partial charge in [0, 0.05) is 27.3 Å². The highest BCUT2D eigenvalue weighted by molar-refractivity contribution is 8.00. The van der Waals surface area contributed by atoms with Gasteiger partial charge in [-0.15, -0.1) is 11.8 Å². The number of hydrogen-bond donors (Lipinski definition) is 3. The highest BCUT2D eigenvalue weighted by Gasteiger charge is 2.69. The third-order valence-corrected chi connectivity index (χ3v) is 11.7. The summed E-state index contributed by atoms with van der Waals surface area (Å²) in [6.07, 6.45) is 0.714. The minimum Gasteiger partial charge on any atom is -0.508 e. The maximum absolute atomic E-state index is 13.8. The van der Waals surface area contributed by atoms with Crippen LogP contribution in [0.15, 0.2) is 58.4 Å². The number of carbonyl (C=O) groups excluding carboxylic acids is 4. The number of rotatable bonds is 6. The number of fused-ring (bicyclic) bond motifs is 9. The molecule has 3 amide bonds. The lowest BCUT2D eigenvalue weighted by molar-refractivity contribution is -0.143. The maximum Gasteiger partial charge on any atom is 0.338 e. The van der Waals surface area contributed by atoms with Gasteiger partial charge in [-0.25, -0.2) is 4.79 Å². The predicted octanol–water partition coefficient (Wildman–Crippen LogP) is 3.43. The van der Waals surface area contributed by atoms with Gasteiger partial charge >= 0.3 is 10.8 Å². The van der Waals surface area contributed by atoms with E-state index in [9.17, 15) is 29.1 Å². The number of phenolic OH excluding ortho intramolecular Hbond substituents is 1. The Bertz CT molecular complexity index is 1680. The molecule has 10 nitrogen and oxygen atoms in total. The highest BCUT2D eigenvalue weighted by Crippen LogP contribution is 2.68. The number of ether oxygens (including phenoxy) is 1. The van der Waals surface area contributed by atoms with Crippen LogP contribution in [-0.4, -0.2) is 57.1 Å². The molecule has 3 heterocycles. The van der Waals surface area contributed by atoms with Crippen LogP contribution in [0.1, 0.15) is 40.1 Å². The monoisotopic (exact) mass is 605 g/mol. The summed E-state index contributed by atoms with van der Waals surface area (Å²) in [6.45, 7) is 1.58. The Morgan fingerprint density at radius 2 is 1.76 bits per heavy atom. The first-order chi connectivity index (χ1) is 20.3. The van der Waals surface area contributed by atoms with Gasteiger partial charge in [0.25, 0.3) is 0 Å². The van der Waals surface area contributed by atoms with E-state index in [0.717, 1.165) is 31.7 Å².